The molecule has 4 aromatic rings. The molecule has 0 aliphatic heterocycles. The van der Waals surface area contributed by atoms with E-state index in [2.05, 4.69) is 42.0 Å². The molecule has 0 saturated carbocycles. The van der Waals surface area contributed by atoms with E-state index in [4.69, 9.17) is 0 Å². The Balaban J connectivity index is 0.000000212. The van der Waals surface area contributed by atoms with Gasteiger partial charge in [-0.05, 0) is 30.7 Å². The molecule has 34 heavy (non-hydrogen) atoms. The first-order chi connectivity index (χ1) is 16.5. The molecule has 12 heteroatoms. The molecule has 176 valence electrons. The highest BCUT2D eigenvalue weighted by atomic mass is 32.1. The van der Waals surface area contributed by atoms with E-state index in [1.54, 1.807) is 43.2 Å². The van der Waals surface area contributed by atoms with E-state index in [1.807, 2.05) is 24.3 Å². The van der Waals surface area contributed by atoms with Gasteiger partial charge in [0.2, 0.25) is 11.0 Å². The molecule has 0 spiro atoms. The SMILES string of the molecule is CCc1nnc(-c2cccnc2)s1.COC(=O)CCC(=O)N(C)c1nnc(-c2cccnc2)s1. The zero-order valence-corrected chi connectivity index (χ0v) is 20.5. The van der Waals surface area contributed by atoms with Crippen molar-refractivity contribution in [1.29, 1.82) is 0 Å². The quantitative estimate of drug-likeness (QED) is 0.352. The van der Waals surface area contributed by atoms with Crippen molar-refractivity contribution in [3.8, 4) is 21.1 Å². The molecule has 1 amide bonds. The van der Waals surface area contributed by atoms with Crippen molar-refractivity contribution in [1.82, 2.24) is 30.4 Å². The molecule has 10 nitrogen and oxygen atoms in total. The standard InChI is InChI=1S/C13H14N4O3S.C9H9N3S/c1-17(10(18)5-6-11(19)20-2)13-16-15-12(21-13)9-4-3-7-14-8-9;1-2-8-11-12-9(13-8)7-4-3-5-10-6-7/h3-4,7-8H,5-6H2,1-2H3;3-6H,2H2,1H3. The lowest BCUT2D eigenvalue weighted by atomic mass is 10.3. The van der Waals surface area contributed by atoms with E-state index in [0.29, 0.717) is 10.1 Å². The average Bonchev–Trinajstić information content (AvgIpc) is 3.58. The summed E-state index contributed by atoms with van der Waals surface area (Å²) < 4.78 is 4.51. The van der Waals surface area contributed by atoms with E-state index >= 15 is 0 Å². The summed E-state index contributed by atoms with van der Waals surface area (Å²) in [5.74, 6) is -0.626. The highest BCUT2D eigenvalue weighted by Crippen LogP contribution is 2.27. The third kappa shape index (κ3) is 6.93. The van der Waals surface area contributed by atoms with Gasteiger partial charge in [0.05, 0.1) is 13.5 Å². The average molecular weight is 498 g/mol. The van der Waals surface area contributed by atoms with Gasteiger partial charge < -0.3 is 4.74 Å². The maximum absolute atomic E-state index is 12.0. The minimum absolute atomic E-state index is 0.0495. The Morgan fingerprint density at radius 2 is 1.53 bits per heavy atom. The fourth-order valence-electron chi connectivity index (χ4n) is 2.54. The van der Waals surface area contributed by atoms with Crippen molar-refractivity contribution in [2.24, 2.45) is 0 Å². The number of aryl methyl sites for hydroxylation is 1. The summed E-state index contributed by atoms with van der Waals surface area (Å²) in [7, 11) is 2.90. The summed E-state index contributed by atoms with van der Waals surface area (Å²) in [4.78, 5) is 32.4. The molecule has 0 radical (unpaired) electrons. The minimum Gasteiger partial charge on any atom is -0.469 e. The maximum atomic E-state index is 12.0. The molecule has 4 heterocycles. The van der Waals surface area contributed by atoms with E-state index in [0.717, 1.165) is 27.6 Å². The number of methoxy groups -OCH3 is 1. The molecule has 4 rings (SSSR count). The number of aromatic nitrogens is 6. The maximum Gasteiger partial charge on any atom is 0.306 e. The van der Waals surface area contributed by atoms with Crippen LogP contribution in [0.3, 0.4) is 0 Å². The van der Waals surface area contributed by atoms with Gasteiger partial charge in [-0.15, -0.1) is 20.4 Å². The van der Waals surface area contributed by atoms with Crippen LogP contribution in [-0.4, -0.2) is 56.4 Å². The molecule has 0 aromatic carbocycles. The van der Waals surface area contributed by atoms with Gasteiger partial charge in [0.25, 0.3) is 0 Å². The summed E-state index contributed by atoms with van der Waals surface area (Å²) in [6, 6.07) is 7.58. The van der Waals surface area contributed by atoms with Crippen LogP contribution in [0, 0.1) is 0 Å². The molecule has 0 atom stereocenters. The number of ether oxygens (including phenoxy) is 1. The Bertz CT molecular complexity index is 1200. The molecule has 0 unspecified atom stereocenters. The number of hydrogen-bond acceptors (Lipinski definition) is 11. The Labute approximate surface area is 204 Å². The summed E-state index contributed by atoms with van der Waals surface area (Å²) in [6.45, 7) is 2.08. The summed E-state index contributed by atoms with van der Waals surface area (Å²) in [6.07, 6.45) is 7.99. The normalized spacial score (nSPS) is 10.2. The van der Waals surface area contributed by atoms with Crippen molar-refractivity contribution in [2.45, 2.75) is 26.2 Å². The van der Waals surface area contributed by atoms with Crippen molar-refractivity contribution >= 4 is 39.7 Å². The Kier molecular flexibility index (Phi) is 9.23. The van der Waals surface area contributed by atoms with Gasteiger partial charge in [-0.1, -0.05) is 29.6 Å². The number of anilines is 1. The van der Waals surface area contributed by atoms with Crippen LogP contribution in [0.1, 0.15) is 24.8 Å². The Morgan fingerprint density at radius 3 is 2.06 bits per heavy atom. The predicted octanol–water partition coefficient (Wildman–Crippen LogP) is 3.68. The lowest BCUT2D eigenvalue weighted by molar-refractivity contribution is -0.141. The molecule has 0 aliphatic carbocycles. The van der Waals surface area contributed by atoms with E-state index in [9.17, 15) is 9.59 Å². The van der Waals surface area contributed by atoms with Crippen LogP contribution in [0.2, 0.25) is 0 Å². The molecule has 4 aromatic heterocycles. The minimum atomic E-state index is -0.412. The monoisotopic (exact) mass is 497 g/mol. The van der Waals surface area contributed by atoms with Crippen LogP contribution in [0.5, 0.6) is 0 Å². The fourth-order valence-corrected chi connectivity index (χ4v) is 4.13. The van der Waals surface area contributed by atoms with Crippen molar-refractivity contribution in [2.75, 3.05) is 19.1 Å². The number of nitrogens with zero attached hydrogens (tertiary/aromatic N) is 7. The lowest BCUT2D eigenvalue weighted by Gasteiger charge is -2.12. The van der Waals surface area contributed by atoms with Crippen molar-refractivity contribution in [3.63, 3.8) is 0 Å². The molecule has 0 bridgehead atoms. The first-order valence-electron chi connectivity index (χ1n) is 10.3. The van der Waals surface area contributed by atoms with E-state index in [1.165, 1.54) is 23.3 Å². The van der Waals surface area contributed by atoms with Crippen molar-refractivity contribution in [3.05, 3.63) is 54.1 Å². The molecular formula is C22H23N7O3S2. The van der Waals surface area contributed by atoms with Gasteiger partial charge in [0.15, 0.2) is 5.01 Å². The van der Waals surface area contributed by atoms with Crippen LogP contribution >= 0.6 is 22.7 Å². The number of hydrogen-bond donors (Lipinski definition) is 0. The molecule has 0 aliphatic rings. The third-order valence-corrected chi connectivity index (χ3v) is 6.60. The molecule has 0 fully saturated rings. The largest absolute Gasteiger partial charge is 0.469 e. The third-order valence-electron chi connectivity index (χ3n) is 4.43. The highest BCUT2D eigenvalue weighted by molar-refractivity contribution is 7.18. The number of pyridine rings is 2. The van der Waals surface area contributed by atoms with Crippen LogP contribution < -0.4 is 4.90 Å². The number of carbonyl (C=O) groups excluding carboxylic acids is 2. The summed E-state index contributed by atoms with van der Waals surface area (Å²) in [5.41, 5.74) is 1.89. The second kappa shape index (κ2) is 12.6. The van der Waals surface area contributed by atoms with Crippen LogP contribution in [-0.2, 0) is 20.7 Å². The number of rotatable bonds is 7. The lowest BCUT2D eigenvalue weighted by Crippen LogP contribution is -2.26. The number of amides is 1. The zero-order valence-electron chi connectivity index (χ0n) is 18.9. The van der Waals surface area contributed by atoms with E-state index < -0.39 is 5.97 Å². The molecule has 0 N–H and O–H groups in total. The van der Waals surface area contributed by atoms with E-state index in [-0.39, 0.29) is 18.7 Å². The molecular weight excluding hydrogens is 474 g/mol. The van der Waals surface area contributed by atoms with Gasteiger partial charge in [0.1, 0.15) is 10.0 Å². The van der Waals surface area contributed by atoms with Gasteiger partial charge >= 0.3 is 5.97 Å². The predicted molar refractivity (Wildman–Crippen MR) is 130 cm³/mol. The van der Waals surface area contributed by atoms with Crippen LogP contribution in [0.25, 0.3) is 21.1 Å². The first-order valence-corrected chi connectivity index (χ1v) is 11.9. The summed E-state index contributed by atoms with van der Waals surface area (Å²) in [5, 5.41) is 19.4. The zero-order chi connectivity index (χ0) is 24.3. The smallest absolute Gasteiger partial charge is 0.306 e. The second-order valence-electron chi connectivity index (χ2n) is 6.76. The Hall–Kier alpha value is -3.64. The van der Waals surface area contributed by atoms with Gasteiger partial charge in [-0.2, -0.15) is 0 Å². The fraction of sp³-hybridized carbons (Fsp3) is 0.273. The van der Waals surface area contributed by atoms with Crippen molar-refractivity contribution < 1.29 is 14.3 Å². The highest BCUT2D eigenvalue weighted by Gasteiger charge is 2.17. The Morgan fingerprint density at radius 1 is 0.912 bits per heavy atom. The van der Waals surface area contributed by atoms with Gasteiger partial charge in [-0.25, -0.2) is 0 Å². The number of carbonyl (C=O) groups is 2. The topological polar surface area (TPSA) is 124 Å². The summed E-state index contributed by atoms with van der Waals surface area (Å²) >= 11 is 2.91. The van der Waals surface area contributed by atoms with Crippen LogP contribution in [0.15, 0.2) is 49.1 Å². The second-order valence-corrected chi connectivity index (χ2v) is 8.77. The molecule has 0 saturated heterocycles. The first kappa shape index (κ1) is 25.0. The number of esters is 1. The van der Waals surface area contributed by atoms with Gasteiger partial charge in [0, 0.05) is 49.4 Å². The van der Waals surface area contributed by atoms with Crippen LogP contribution in [0.4, 0.5) is 5.13 Å². The van der Waals surface area contributed by atoms with Gasteiger partial charge in [-0.3, -0.25) is 24.5 Å².